The number of carbonyl (C=O) groups excluding carboxylic acids is 1. The topological polar surface area (TPSA) is 72.0 Å². The second-order valence-corrected chi connectivity index (χ2v) is 8.86. The van der Waals surface area contributed by atoms with Gasteiger partial charge in [0.05, 0.1) is 5.39 Å². The molecule has 0 radical (unpaired) electrons. The fraction of sp³-hybridized carbons (Fsp3) is 0.421. The number of H-pyrrole nitrogens is 1. The van der Waals surface area contributed by atoms with Crippen LogP contribution in [0.2, 0.25) is 0 Å². The highest BCUT2D eigenvalue weighted by Gasteiger charge is 2.20. The summed E-state index contributed by atoms with van der Waals surface area (Å²) in [4.78, 5) is 35.6. The van der Waals surface area contributed by atoms with Crippen LogP contribution < -0.4 is 5.56 Å². The Bertz CT molecular complexity index is 1030. The van der Waals surface area contributed by atoms with Crippen LogP contribution in [-0.2, 0) is 11.2 Å². The van der Waals surface area contributed by atoms with Crippen LogP contribution in [0.25, 0.3) is 10.2 Å². The van der Waals surface area contributed by atoms with Gasteiger partial charge in [0.15, 0.2) is 11.9 Å². The molecule has 0 aliphatic carbocycles. The largest absolute Gasteiger partial charge is 0.450 e. The third-order valence-electron chi connectivity index (χ3n) is 4.47. The molecule has 5 nitrogen and oxygen atoms in total. The summed E-state index contributed by atoms with van der Waals surface area (Å²) in [6, 6.07) is 1.91. The Morgan fingerprint density at radius 1 is 1.27 bits per heavy atom. The lowest BCUT2D eigenvalue weighted by molar-refractivity contribution is 0.0326. The summed E-state index contributed by atoms with van der Waals surface area (Å²) in [5, 5.41) is 0.618. The molecule has 3 rings (SSSR count). The lowest BCUT2D eigenvalue weighted by Gasteiger charge is -2.11. The molecule has 0 saturated heterocycles. The average Bonchev–Trinajstić information content (AvgIpc) is 3.08. The van der Waals surface area contributed by atoms with Gasteiger partial charge in [-0.1, -0.05) is 13.3 Å². The highest BCUT2D eigenvalue weighted by Crippen LogP contribution is 2.28. The summed E-state index contributed by atoms with van der Waals surface area (Å²) in [6.07, 6.45) is 1.36. The van der Waals surface area contributed by atoms with Crippen molar-refractivity contribution < 1.29 is 9.53 Å². The van der Waals surface area contributed by atoms with Crippen LogP contribution in [0.4, 0.5) is 0 Å². The van der Waals surface area contributed by atoms with Crippen LogP contribution in [0.15, 0.2) is 10.9 Å². The average molecular weight is 391 g/mol. The molecule has 0 fully saturated rings. The number of carbonyl (C=O) groups is 1. The summed E-state index contributed by atoms with van der Waals surface area (Å²) >= 11 is 2.93. The molecule has 0 saturated carbocycles. The first-order valence-electron chi connectivity index (χ1n) is 8.62. The zero-order valence-electron chi connectivity index (χ0n) is 15.6. The number of nitrogens with one attached hydrogen (secondary N) is 1. The number of rotatable bonds is 5. The Balaban J connectivity index is 1.84. The minimum Gasteiger partial charge on any atom is -0.450 e. The number of hydrogen-bond donors (Lipinski definition) is 1. The second kappa shape index (κ2) is 7.32. The number of ether oxygens (including phenoxy) is 1. The molecule has 1 atom stereocenters. The first-order valence-corrected chi connectivity index (χ1v) is 10.2. The Hall–Kier alpha value is -1.99. The Labute approximate surface area is 160 Å². The van der Waals surface area contributed by atoms with Gasteiger partial charge in [0.1, 0.15) is 9.71 Å². The van der Waals surface area contributed by atoms with Crippen molar-refractivity contribution >= 4 is 38.9 Å². The van der Waals surface area contributed by atoms with Gasteiger partial charge in [0.2, 0.25) is 0 Å². The zero-order valence-corrected chi connectivity index (χ0v) is 17.2. The van der Waals surface area contributed by atoms with E-state index in [1.165, 1.54) is 28.2 Å². The fourth-order valence-electron chi connectivity index (χ4n) is 2.88. The number of fused-ring (bicyclic) bond motifs is 1. The minimum absolute atomic E-state index is 0.188. The predicted octanol–water partition coefficient (Wildman–Crippen LogP) is 4.84. The number of aromatic nitrogens is 2. The van der Waals surface area contributed by atoms with Crippen LogP contribution in [0, 0.1) is 20.8 Å². The van der Waals surface area contributed by atoms with Gasteiger partial charge in [-0.05, 0) is 51.3 Å². The van der Waals surface area contributed by atoms with Gasteiger partial charge in [-0.3, -0.25) is 4.79 Å². The molecule has 0 spiro atoms. The van der Waals surface area contributed by atoms with Crippen molar-refractivity contribution in [1.82, 2.24) is 9.97 Å². The van der Waals surface area contributed by atoms with E-state index in [0.717, 1.165) is 28.2 Å². The molecular weight excluding hydrogens is 368 g/mol. The molecule has 138 valence electrons. The molecule has 7 heteroatoms. The van der Waals surface area contributed by atoms with E-state index >= 15 is 0 Å². The predicted molar refractivity (Wildman–Crippen MR) is 107 cm³/mol. The van der Waals surface area contributed by atoms with Crippen molar-refractivity contribution in [3.8, 4) is 0 Å². The normalized spacial score (nSPS) is 12.5. The number of hydrogen-bond acceptors (Lipinski definition) is 6. The third-order valence-corrected chi connectivity index (χ3v) is 6.64. The van der Waals surface area contributed by atoms with Gasteiger partial charge in [0, 0.05) is 9.75 Å². The summed E-state index contributed by atoms with van der Waals surface area (Å²) < 4.78 is 5.55. The lowest BCUT2D eigenvalue weighted by Crippen LogP contribution is -2.17. The van der Waals surface area contributed by atoms with Gasteiger partial charge in [-0.2, -0.15) is 0 Å². The summed E-state index contributed by atoms with van der Waals surface area (Å²) in [5.74, 6) is -0.00611. The molecule has 3 aromatic heterocycles. The van der Waals surface area contributed by atoms with Gasteiger partial charge in [-0.25, -0.2) is 9.78 Å². The molecule has 0 amide bonds. The van der Waals surface area contributed by atoms with E-state index in [-0.39, 0.29) is 11.5 Å². The van der Waals surface area contributed by atoms with E-state index in [1.54, 1.807) is 6.92 Å². The number of esters is 1. The lowest BCUT2D eigenvalue weighted by atomic mass is 10.1. The van der Waals surface area contributed by atoms with Crippen molar-refractivity contribution in [3.63, 3.8) is 0 Å². The van der Waals surface area contributed by atoms with Crippen molar-refractivity contribution in [3.05, 3.63) is 48.0 Å². The van der Waals surface area contributed by atoms with Crippen LogP contribution >= 0.6 is 22.7 Å². The summed E-state index contributed by atoms with van der Waals surface area (Å²) in [7, 11) is 0. The maximum absolute atomic E-state index is 12.5. The number of aromatic amines is 1. The molecule has 1 N–H and O–H groups in total. The minimum atomic E-state index is -0.626. The maximum atomic E-state index is 12.5. The number of thiophene rings is 2. The smallest absolute Gasteiger partial charge is 0.349 e. The molecule has 0 bridgehead atoms. The SMILES string of the molecule is CCCc1cc(C(=O)O[C@@H](C)c2nc3sc(C)c(C)c3c(=O)[nH]2)sc1C. The summed E-state index contributed by atoms with van der Waals surface area (Å²) in [5.41, 5.74) is 1.95. The van der Waals surface area contributed by atoms with Gasteiger partial charge in [-0.15, -0.1) is 22.7 Å². The highest BCUT2D eigenvalue weighted by molar-refractivity contribution is 7.18. The Morgan fingerprint density at radius 2 is 2.00 bits per heavy atom. The van der Waals surface area contributed by atoms with E-state index in [4.69, 9.17) is 4.74 Å². The quantitative estimate of drug-likeness (QED) is 0.633. The fourth-order valence-corrected chi connectivity index (χ4v) is 4.87. The monoisotopic (exact) mass is 390 g/mol. The van der Waals surface area contributed by atoms with Crippen LogP contribution in [-0.4, -0.2) is 15.9 Å². The standard InChI is InChI=1S/C19H22N2O3S2/c1-6-7-13-8-14(25-12(13)5)19(23)24-10(3)16-20-17(22)15-9(2)11(4)26-18(15)21-16/h8,10H,6-7H2,1-5H3,(H,20,21,22)/t10-/m0/s1. The van der Waals surface area contributed by atoms with Crippen molar-refractivity contribution in [2.45, 2.75) is 53.6 Å². The molecule has 0 aliphatic rings. The Kier molecular flexibility index (Phi) is 5.29. The second-order valence-electron chi connectivity index (χ2n) is 6.40. The zero-order chi connectivity index (χ0) is 19.0. The van der Waals surface area contributed by atoms with E-state index in [2.05, 4.69) is 16.9 Å². The molecule has 0 unspecified atom stereocenters. The van der Waals surface area contributed by atoms with Crippen LogP contribution in [0.3, 0.4) is 0 Å². The van der Waals surface area contributed by atoms with Gasteiger partial charge < -0.3 is 9.72 Å². The molecule has 3 aromatic rings. The molecule has 26 heavy (non-hydrogen) atoms. The highest BCUT2D eigenvalue weighted by atomic mass is 32.1. The number of nitrogens with zero attached hydrogens (tertiary/aromatic N) is 1. The van der Waals surface area contributed by atoms with Crippen molar-refractivity contribution in [1.29, 1.82) is 0 Å². The van der Waals surface area contributed by atoms with Crippen LogP contribution in [0.1, 0.15) is 62.7 Å². The first-order chi connectivity index (χ1) is 12.3. The van der Waals surface area contributed by atoms with Crippen molar-refractivity contribution in [2.75, 3.05) is 0 Å². The molecule has 0 aromatic carbocycles. The van der Waals surface area contributed by atoms with Crippen LogP contribution in [0.5, 0.6) is 0 Å². The molecule has 0 aliphatic heterocycles. The third kappa shape index (κ3) is 3.46. The van der Waals surface area contributed by atoms with Gasteiger partial charge in [0.25, 0.3) is 5.56 Å². The van der Waals surface area contributed by atoms with E-state index in [9.17, 15) is 9.59 Å². The summed E-state index contributed by atoms with van der Waals surface area (Å²) in [6.45, 7) is 9.74. The maximum Gasteiger partial charge on any atom is 0.349 e. The van der Waals surface area contributed by atoms with Gasteiger partial charge >= 0.3 is 5.97 Å². The van der Waals surface area contributed by atoms with E-state index in [1.807, 2.05) is 26.8 Å². The Morgan fingerprint density at radius 3 is 2.69 bits per heavy atom. The molecular formula is C19H22N2O3S2. The van der Waals surface area contributed by atoms with E-state index in [0.29, 0.717) is 20.9 Å². The first kappa shape index (κ1) is 18.8. The number of aryl methyl sites for hydroxylation is 4. The van der Waals surface area contributed by atoms with Crippen molar-refractivity contribution in [2.24, 2.45) is 0 Å². The van der Waals surface area contributed by atoms with E-state index < -0.39 is 6.10 Å². The molecule has 3 heterocycles.